The van der Waals surface area contributed by atoms with Crippen LogP contribution < -0.4 is 16.0 Å². The number of epoxide rings is 1. The molecule has 47 heavy (non-hydrogen) atoms. The first kappa shape index (κ1) is 38.4. The second-order valence-electron chi connectivity index (χ2n) is 13.8. The van der Waals surface area contributed by atoms with Crippen LogP contribution in [0.15, 0.2) is 36.0 Å². The fraction of sp³-hybridized carbons (Fsp3) is 0.714. The zero-order chi connectivity index (χ0) is 34.9. The van der Waals surface area contributed by atoms with Gasteiger partial charge in [-0.25, -0.2) is 0 Å². The van der Waals surface area contributed by atoms with Crippen LogP contribution in [0.5, 0.6) is 0 Å². The molecule has 3 heterocycles. The Bertz CT molecular complexity index is 1210. The van der Waals surface area contributed by atoms with Crippen molar-refractivity contribution in [3.63, 3.8) is 0 Å². The molecule has 9 atom stereocenters. The Labute approximate surface area is 279 Å². The van der Waals surface area contributed by atoms with Gasteiger partial charge in [-0.15, -0.1) is 0 Å². The van der Waals surface area contributed by atoms with Gasteiger partial charge in [0, 0.05) is 26.0 Å². The molecular weight excluding hydrogens is 606 g/mol. The maximum absolute atomic E-state index is 12.9. The summed E-state index contributed by atoms with van der Waals surface area (Å²) in [5.74, 6) is -1.02. The summed E-state index contributed by atoms with van der Waals surface area (Å²) in [6, 6.07) is -0.145. The molecule has 1 unspecified atom stereocenters. The second-order valence-corrected chi connectivity index (χ2v) is 13.8. The van der Waals surface area contributed by atoms with Crippen molar-refractivity contribution < 1.29 is 43.2 Å². The van der Waals surface area contributed by atoms with Crippen LogP contribution in [0.4, 0.5) is 0 Å². The molecule has 0 aromatic carbocycles. The number of ether oxygens (including phenoxy) is 4. The molecular formula is C35H55N3O9. The lowest BCUT2D eigenvalue weighted by atomic mass is 9.87. The lowest BCUT2D eigenvalue weighted by molar-refractivity contribution is -0.147. The van der Waals surface area contributed by atoms with Gasteiger partial charge in [0.25, 0.3) is 0 Å². The van der Waals surface area contributed by atoms with Gasteiger partial charge >= 0.3 is 5.97 Å². The Balaban J connectivity index is 1.52. The largest absolute Gasteiger partial charge is 0.459 e. The topological polar surface area (TPSA) is 165 Å². The van der Waals surface area contributed by atoms with Crippen molar-refractivity contribution in [3.8, 4) is 0 Å². The van der Waals surface area contributed by atoms with Crippen LogP contribution in [0.3, 0.4) is 0 Å². The van der Waals surface area contributed by atoms with Crippen molar-refractivity contribution >= 4 is 23.7 Å². The summed E-state index contributed by atoms with van der Waals surface area (Å²) in [6.07, 6.45) is 8.68. The monoisotopic (exact) mass is 661 g/mol. The highest BCUT2D eigenvalue weighted by atomic mass is 16.6. The number of hydrogen-bond acceptors (Lipinski definition) is 9. The Morgan fingerprint density at radius 3 is 2.47 bits per heavy atom. The number of carbonyl (C=O) groups excluding carboxylic acids is 4. The van der Waals surface area contributed by atoms with E-state index in [0.717, 1.165) is 18.4 Å². The van der Waals surface area contributed by atoms with Crippen LogP contribution in [0.25, 0.3) is 0 Å². The molecule has 3 aliphatic rings. The van der Waals surface area contributed by atoms with Crippen molar-refractivity contribution in [3.05, 3.63) is 36.0 Å². The van der Waals surface area contributed by atoms with Crippen LogP contribution in [0, 0.1) is 5.92 Å². The molecule has 3 saturated heterocycles. The van der Waals surface area contributed by atoms with Gasteiger partial charge in [-0.1, -0.05) is 37.6 Å². The first-order valence-corrected chi connectivity index (χ1v) is 16.8. The molecule has 3 rings (SSSR count). The average Bonchev–Trinajstić information content (AvgIpc) is 3.75. The predicted molar refractivity (Wildman–Crippen MR) is 176 cm³/mol. The van der Waals surface area contributed by atoms with Gasteiger partial charge in [0.2, 0.25) is 17.7 Å². The van der Waals surface area contributed by atoms with E-state index in [1.54, 1.807) is 32.9 Å². The van der Waals surface area contributed by atoms with Crippen LogP contribution in [0.1, 0.15) is 87.5 Å². The highest BCUT2D eigenvalue weighted by molar-refractivity contribution is 5.90. The van der Waals surface area contributed by atoms with E-state index < -0.39 is 41.5 Å². The molecule has 3 fully saturated rings. The fourth-order valence-electron chi connectivity index (χ4n) is 6.01. The van der Waals surface area contributed by atoms with Gasteiger partial charge in [0.15, 0.2) is 0 Å². The van der Waals surface area contributed by atoms with Gasteiger partial charge in [0.1, 0.15) is 29.5 Å². The number of carbonyl (C=O) groups is 4. The van der Waals surface area contributed by atoms with E-state index in [1.165, 1.54) is 13.0 Å². The quantitative estimate of drug-likeness (QED) is 0.0948. The molecule has 3 aliphatic heterocycles. The number of esters is 1. The summed E-state index contributed by atoms with van der Waals surface area (Å²) in [6.45, 7) is 15.3. The summed E-state index contributed by atoms with van der Waals surface area (Å²) in [4.78, 5) is 48.8. The molecule has 0 radical (unpaired) electrons. The summed E-state index contributed by atoms with van der Waals surface area (Å²) >= 11 is 0. The fourth-order valence-corrected chi connectivity index (χ4v) is 6.01. The van der Waals surface area contributed by atoms with E-state index in [2.05, 4.69) is 29.0 Å². The predicted octanol–water partition coefficient (Wildman–Crippen LogP) is 2.78. The van der Waals surface area contributed by atoms with Crippen molar-refractivity contribution in [1.82, 2.24) is 16.0 Å². The second kappa shape index (κ2) is 16.9. The minimum absolute atomic E-state index is 0.0307. The molecule has 0 aliphatic carbocycles. The molecule has 0 aromatic rings. The van der Waals surface area contributed by atoms with Gasteiger partial charge < -0.3 is 40.0 Å². The first-order chi connectivity index (χ1) is 22.0. The molecule has 3 amide bonds. The molecule has 0 saturated carbocycles. The third kappa shape index (κ3) is 11.5. The maximum atomic E-state index is 12.9. The SMILES string of the molecule is CCCNC(=O)C(C)(C)NC(=O)C[C@@H]1CC2(CO2)[C@H](O)[C@@H](/C=C/C(C)=C/C[C@@H]2O[C@H](C)[C@H](NC(=O)/C=C\[C@H](C)OC(C)=O)C[C@@H]2C)O1. The van der Waals surface area contributed by atoms with Crippen molar-refractivity contribution in [2.45, 2.75) is 141 Å². The average molecular weight is 662 g/mol. The first-order valence-electron chi connectivity index (χ1n) is 16.8. The van der Waals surface area contributed by atoms with Gasteiger partial charge in [-0.05, 0) is 65.9 Å². The smallest absolute Gasteiger partial charge is 0.303 e. The van der Waals surface area contributed by atoms with E-state index in [0.29, 0.717) is 26.0 Å². The molecule has 1 spiro atoms. The summed E-state index contributed by atoms with van der Waals surface area (Å²) < 4.78 is 23.1. The number of aliphatic hydroxyl groups excluding tert-OH is 1. The zero-order valence-electron chi connectivity index (χ0n) is 29.2. The van der Waals surface area contributed by atoms with Crippen LogP contribution >= 0.6 is 0 Å². The lowest BCUT2D eigenvalue weighted by Crippen LogP contribution is -2.56. The van der Waals surface area contributed by atoms with E-state index in [4.69, 9.17) is 18.9 Å². The van der Waals surface area contributed by atoms with Crippen molar-refractivity contribution in [1.29, 1.82) is 0 Å². The number of allylic oxidation sites excluding steroid dienone is 2. The molecule has 4 N–H and O–H groups in total. The van der Waals surface area contributed by atoms with Gasteiger partial charge in [0.05, 0.1) is 37.4 Å². The molecule has 0 aromatic heterocycles. The molecule has 12 heteroatoms. The molecule has 264 valence electrons. The normalized spacial score (nSPS) is 31.9. The number of aliphatic hydroxyl groups is 1. The van der Waals surface area contributed by atoms with Crippen LogP contribution in [-0.4, -0.2) is 95.8 Å². The number of amides is 3. The third-order valence-electron chi connectivity index (χ3n) is 8.89. The number of nitrogens with one attached hydrogen (secondary N) is 3. The van der Waals surface area contributed by atoms with E-state index >= 15 is 0 Å². The van der Waals surface area contributed by atoms with Gasteiger partial charge in [-0.2, -0.15) is 0 Å². The third-order valence-corrected chi connectivity index (χ3v) is 8.89. The van der Waals surface area contributed by atoms with E-state index in [-0.39, 0.29) is 48.3 Å². The van der Waals surface area contributed by atoms with Crippen molar-refractivity contribution in [2.75, 3.05) is 13.2 Å². The maximum Gasteiger partial charge on any atom is 0.303 e. The standard InChI is InChI=1S/C35H55N3O9/c1-9-16-36-33(43)34(7,8)38-31(41)18-26-19-35(20-44-35)32(42)29(47-26)14-11-21(2)10-13-28-22(3)17-27(24(5)46-28)37-30(40)15-12-23(4)45-25(6)39/h10-12,14-15,22-24,26-29,32,42H,9,13,16-20H2,1-8H3,(H,36,43)(H,37,40)(H,38,41)/b14-11+,15-12-,21-10+/t22-,23-,24+,26+,27+,28-,29+,32+,35?/m0/s1. The van der Waals surface area contributed by atoms with Crippen LogP contribution in [-0.2, 0) is 38.1 Å². The Morgan fingerprint density at radius 2 is 1.83 bits per heavy atom. The van der Waals surface area contributed by atoms with Crippen LogP contribution in [0.2, 0.25) is 0 Å². The Kier molecular flexibility index (Phi) is 13.8. The number of hydrogen-bond donors (Lipinski definition) is 4. The zero-order valence-corrected chi connectivity index (χ0v) is 29.2. The highest BCUT2D eigenvalue weighted by Gasteiger charge is 2.58. The minimum atomic E-state index is -1.06. The van der Waals surface area contributed by atoms with Crippen molar-refractivity contribution in [2.24, 2.45) is 5.92 Å². The summed E-state index contributed by atoms with van der Waals surface area (Å²) in [5, 5.41) is 19.6. The van der Waals surface area contributed by atoms with E-state index in [1.807, 2.05) is 26.8 Å². The van der Waals surface area contributed by atoms with E-state index in [9.17, 15) is 24.3 Å². The number of rotatable bonds is 14. The Morgan fingerprint density at radius 1 is 1.13 bits per heavy atom. The minimum Gasteiger partial charge on any atom is -0.459 e. The Hall–Kier alpha value is -3.06. The molecule has 0 bridgehead atoms. The van der Waals surface area contributed by atoms with Gasteiger partial charge in [-0.3, -0.25) is 19.2 Å². The lowest BCUT2D eigenvalue weighted by Gasteiger charge is -2.39. The summed E-state index contributed by atoms with van der Waals surface area (Å²) in [7, 11) is 0. The highest BCUT2D eigenvalue weighted by Crippen LogP contribution is 2.43. The molecule has 12 nitrogen and oxygen atoms in total. The summed E-state index contributed by atoms with van der Waals surface area (Å²) in [5.41, 5.74) is -0.823.